The molecule has 1 rings (SSSR count). The van der Waals surface area contributed by atoms with Crippen molar-refractivity contribution in [1.82, 2.24) is 9.80 Å². The van der Waals surface area contributed by atoms with Crippen LogP contribution in [0.15, 0.2) is 29.2 Å². The zero-order chi connectivity index (χ0) is 16.5. The van der Waals surface area contributed by atoms with Crippen molar-refractivity contribution >= 4 is 23.6 Å². The summed E-state index contributed by atoms with van der Waals surface area (Å²) in [5, 5.41) is 0. The van der Waals surface area contributed by atoms with E-state index in [0.717, 1.165) is 0 Å². The van der Waals surface area contributed by atoms with E-state index < -0.39 is 0 Å². The van der Waals surface area contributed by atoms with Crippen LogP contribution >= 0.6 is 11.8 Å². The van der Waals surface area contributed by atoms with Gasteiger partial charge in [0.1, 0.15) is 5.82 Å². The predicted molar refractivity (Wildman–Crippen MR) is 87.3 cm³/mol. The third kappa shape index (κ3) is 5.67. The molecule has 2 amide bonds. The number of hydrogen-bond acceptors (Lipinski definition) is 3. The minimum absolute atomic E-state index is 0.0531. The first-order valence-electron chi connectivity index (χ1n) is 7.38. The monoisotopic (exact) mass is 326 g/mol. The number of carbonyl (C=O) groups is 2. The van der Waals surface area contributed by atoms with Crippen molar-refractivity contribution in [2.24, 2.45) is 0 Å². The molecule has 0 N–H and O–H groups in total. The van der Waals surface area contributed by atoms with Gasteiger partial charge >= 0.3 is 0 Å². The fraction of sp³-hybridized carbons (Fsp3) is 0.500. The van der Waals surface area contributed by atoms with Crippen molar-refractivity contribution in [3.05, 3.63) is 30.1 Å². The molecule has 0 unspecified atom stereocenters. The van der Waals surface area contributed by atoms with Gasteiger partial charge in [-0.1, -0.05) is 12.1 Å². The molecule has 4 nitrogen and oxygen atoms in total. The molecule has 0 aromatic heterocycles. The smallest absolute Gasteiger partial charge is 0.242 e. The summed E-state index contributed by atoms with van der Waals surface area (Å²) in [6.07, 6.45) is 0.279. The second kappa shape index (κ2) is 9.46. The summed E-state index contributed by atoms with van der Waals surface area (Å²) in [6.45, 7) is 5.19. The van der Waals surface area contributed by atoms with E-state index in [1.54, 1.807) is 30.1 Å². The Labute approximate surface area is 135 Å². The number of carbonyl (C=O) groups excluding carboxylic acids is 2. The Morgan fingerprint density at radius 3 is 2.36 bits per heavy atom. The lowest BCUT2D eigenvalue weighted by atomic mass is 10.3. The number of amides is 2. The summed E-state index contributed by atoms with van der Waals surface area (Å²) in [7, 11) is 1.62. The number of hydrogen-bond donors (Lipinski definition) is 0. The Hall–Kier alpha value is -1.56. The Kier molecular flexibility index (Phi) is 7.95. The minimum atomic E-state index is -0.273. The molecule has 0 saturated carbocycles. The van der Waals surface area contributed by atoms with Crippen LogP contribution in [0.3, 0.4) is 0 Å². The van der Waals surface area contributed by atoms with Crippen molar-refractivity contribution in [1.29, 1.82) is 0 Å². The van der Waals surface area contributed by atoms with E-state index in [-0.39, 0.29) is 30.6 Å². The summed E-state index contributed by atoms with van der Waals surface area (Å²) < 4.78 is 13.4. The molecule has 0 aliphatic carbocycles. The van der Waals surface area contributed by atoms with Crippen molar-refractivity contribution < 1.29 is 14.0 Å². The van der Waals surface area contributed by atoms with Gasteiger partial charge in [0.05, 0.1) is 6.54 Å². The molecule has 0 aliphatic rings. The molecule has 0 heterocycles. The normalized spacial score (nSPS) is 10.4. The molecule has 1 aromatic rings. The van der Waals surface area contributed by atoms with Gasteiger partial charge in [-0.3, -0.25) is 9.59 Å². The van der Waals surface area contributed by atoms with E-state index in [4.69, 9.17) is 0 Å². The molecule has 22 heavy (non-hydrogen) atoms. The van der Waals surface area contributed by atoms with Crippen LogP contribution < -0.4 is 0 Å². The molecule has 0 saturated heterocycles. The fourth-order valence-electron chi connectivity index (χ4n) is 1.97. The van der Waals surface area contributed by atoms with Crippen molar-refractivity contribution in [2.45, 2.75) is 25.2 Å². The third-order valence-electron chi connectivity index (χ3n) is 3.32. The zero-order valence-corrected chi connectivity index (χ0v) is 14.2. The molecule has 6 heteroatoms. The number of halogens is 1. The fourth-order valence-corrected chi connectivity index (χ4v) is 2.85. The van der Waals surface area contributed by atoms with Crippen LogP contribution in [-0.4, -0.2) is 54.0 Å². The van der Waals surface area contributed by atoms with Crippen LogP contribution in [0.4, 0.5) is 4.39 Å². The number of likely N-dealkylation sites (N-methyl/N-ethyl adjacent to an activating group) is 2. The molecule has 0 radical (unpaired) electrons. The summed E-state index contributed by atoms with van der Waals surface area (Å²) >= 11 is 1.31. The quantitative estimate of drug-likeness (QED) is 0.690. The maximum atomic E-state index is 13.4. The average molecular weight is 326 g/mol. The molecule has 0 aliphatic heterocycles. The summed E-state index contributed by atoms with van der Waals surface area (Å²) in [4.78, 5) is 27.6. The Balaban J connectivity index is 2.38. The second-order valence-corrected chi connectivity index (χ2v) is 5.98. The van der Waals surface area contributed by atoms with Crippen LogP contribution in [0.1, 0.15) is 20.3 Å². The average Bonchev–Trinajstić information content (AvgIpc) is 2.50. The van der Waals surface area contributed by atoms with Gasteiger partial charge in [-0.25, -0.2) is 4.39 Å². The summed E-state index contributed by atoms with van der Waals surface area (Å²) in [5.74, 6) is 0.0563. The van der Waals surface area contributed by atoms with Crippen LogP contribution in [-0.2, 0) is 9.59 Å². The highest BCUT2D eigenvalue weighted by Crippen LogP contribution is 2.21. The first kappa shape index (κ1) is 18.5. The number of nitrogens with zero attached hydrogens (tertiary/aromatic N) is 2. The third-order valence-corrected chi connectivity index (χ3v) is 4.37. The summed E-state index contributed by atoms with van der Waals surface area (Å²) in [5.41, 5.74) is 0. The maximum Gasteiger partial charge on any atom is 0.242 e. The molecule has 122 valence electrons. The van der Waals surface area contributed by atoms with E-state index >= 15 is 0 Å². The zero-order valence-electron chi connectivity index (χ0n) is 13.3. The van der Waals surface area contributed by atoms with Gasteiger partial charge in [0.2, 0.25) is 11.8 Å². The highest BCUT2D eigenvalue weighted by atomic mass is 32.2. The Morgan fingerprint density at radius 1 is 1.14 bits per heavy atom. The van der Waals surface area contributed by atoms with E-state index in [1.165, 1.54) is 22.7 Å². The van der Waals surface area contributed by atoms with Crippen LogP contribution in [0.5, 0.6) is 0 Å². The largest absolute Gasteiger partial charge is 0.342 e. The first-order chi connectivity index (χ1) is 10.5. The number of rotatable bonds is 8. The SMILES string of the molecule is CCN(CC)C(=O)CN(C)C(=O)CCSc1ccccc1F. The van der Waals surface area contributed by atoms with Gasteiger partial charge in [0.25, 0.3) is 0 Å². The van der Waals surface area contributed by atoms with Gasteiger partial charge in [-0.15, -0.1) is 11.8 Å². The molecular weight excluding hydrogens is 303 g/mol. The van der Waals surface area contributed by atoms with Gasteiger partial charge in [-0.05, 0) is 26.0 Å². The lowest BCUT2D eigenvalue weighted by Crippen LogP contribution is -2.41. The van der Waals surface area contributed by atoms with Crippen molar-refractivity contribution in [3.8, 4) is 0 Å². The Morgan fingerprint density at radius 2 is 1.77 bits per heavy atom. The topological polar surface area (TPSA) is 40.6 Å². The van der Waals surface area contributed by atoms with Gasteiger partial charge in [0.15, 0.2) is 0 Å². The molecule has 0 fully saturated rings. The number of benzene rings is 1. The predicted octanol–water partition coefficient (Wildman–Crippen LogP) is 2.63. The molecule has 1 aromatic carbocycles. The standard InChI is InChI=1S/C16H23FN2O2S/c1-4-19(5-2)16(21)12-18(3)15(20)10-11-22-14-9-7-6-8-13(14)17/h6-9H,4-5,10-12H2,1-3H3. The second-order valence-electron chi connectivity index (χ2n) is 4.84. The minimum Gasteiger partial charge on any atom is -0.342 e. The van der Waals surface area contributed by atoms with Gasteiger partial charge in [-0.2, -0.15) is 0 Å². The van der Waals surface area contributed by atoms with Gasteiger partial charge < -0.3 is 9.80 Å². The molecule has 0 bridgehead atoms. The van der Waals surface area contributed by atoms with E-state index in [2.05, 4.69) is 0 Å². The highest BCUT2D eigenvalue weighted by molar-refractivity contribution is 7.99. The van der Waals surface area contributed by atoms with Gasteiger partial charge in [0, 0.05) is 37.2 Å². The maximum absolute atomic E-state index is 13.4. The summed E-state index contributed by atoms with van der Waals surface area (Å²) in [6, 6.07) is 6.50. The van der Waals surface area contributed by atoms with E-state index in [0.29, 0.717) is 23.7 Å². The molecule has 0 atom stereocenters. The lowest BCUT2D eigenvalue weighted by Gasteiger charge is -2.23. The van der Waals surface area contributed by atoms with Crippen molar-refractivity contribution in [2.75, 3.05) is 32.4 Å². The Bertz CT molecular complexity index is 507. The van der Waals surface area contributed by atoms with Crippen LogP contribution in [0.25, 0.3) is 0 Å². The highest BCUT2D eigenvalue weighted by Gasteiger charge is 2.16. The lowest BCUT2D eigenvalue weighted by molar-refractivity contribution is -0.138. The van der Waals surface area contributed by atoms with E-state index in [9.17, 15) is 14.0 Å². The van der Waals surface area contributed by atoms with Crippen LogP contribution in [0.2, 0.25) is 0 Å². The molecular formula is C16H23FN2O2S. The number of thioether (sulfide) groups is 1. The van der Waals surface area contributed by atoms with E-state index in [1.807, 2.05) is 13.8 Å². The van der Waals surface area contributed by atoms with Crippen LogP contribution in [0, 0.1) is 5.82 Å². The first-order valence-corrected chi connectivity index (χ1v) is 8.37. The van der Waals surface area contributed by atoms with Crippen molar-refractivity contribution in [3.63, 3.8) is 0 Å². The molecule has 0 spiro atoms.